The van der Waals surface area contributed by atoms with Crippen molar-refractivity contribution < 1.29 is 43.2 Å². The van der Waals surface area contributed by atoms with Gasteiger partial charge in [-0.1, -0.05) is 119 Å². The lowest BCUT2D eigenvalue weighted by atomic mass is 9.79. The Morgan fingerprint density at radius 1 is 0.435 bits per heavy atom. The Balaban J connectivity index is 0.000000115. The number of hydrogen-bond donors (Lipinski definition) is 4. The van der Waals surface area contributed by atoms with Gasteiger partial charge in [-0.2, -0.15) is 14.5 Å². The van der Waals surface area contributed by atoms with Crippen molar-refractivity contribution in [3.05, 3.63) is 329 Å². The fourth-order valence-corrected chi connectivity index (χ4v) is 29.3. The summed E-state index contributed by atoms with van der Waals surface area (Å²) in [4.78, 5) is 33.9. The third kappa shape index (κ3) is 19.0. The third-order valence-corrected chi connectivity index (χ3v) is 37.6. The van der Waals surface area contributed by atoms with Gasteiger partial charge in [-0.3, -0.25) is 24.6 Å². The van der Waals surface area contributed by atoms with Crippen LogP contribution in [-0.4, -0.2) is 154 Å². The number of aromatic nitrogens is 5. The molecule has 0 saturated carbocycles. The minimum Gasteiger partial charge on any atom is -0.378 e. The number of nitrogens with zero attached hydrogens (tertiary/aromatic N) is 8. The van der Waals surface area contributed by atoms with E-state index in [9.17, 15) is 38.5 Å². The Kier molecular flexibility index (Phi) is 27.0. The van der Waals surface area contributed by atoms with E-state index < -0.39 is 45.6 Å². The monoisotopic (exact) mass is 1920 g/mol. The zero-order valence-corrected chi connectivity index (χ0v) is 77.3. The molecule has 1 saturated heterocycles. The number of carbonyl (C=O) groups is 1. The number of amides is 1. The molecule has 1 fully saturated rings. The van der Waals surface area contributed by atoms with E-state index in [1.54, 1.807) is 56.6 Å². The average molecular weight is 1930 g/mol. The number of fused-ring (bicyclic) bond motifs is 5. The molecule has 4 N–H and O–H groups in total. The molecular formula is C88H77Cl5N12O10S9. The molecule has 22 nitrogen and oxygen atoms in total. The number of sulfonamides is 4. The minimum atomic E-state index is -3.47. The Hall–Kier alpha value is -8.59. The number of morpholine rings is 1. The molecule has 36 heteroatoms. The van der Waals surface area contributed by atoms with Crippen molar-refractivity contribution >= 4 is 166 Å². The van der Waals surface area contributed by atoms with Gasteiger partial charge in [0.15, 0.2) is 0 Å². The molecule has 0 aliphatic carbocycles. The Bertz CT molecular complexity index is 6500. The van der Waals surface area contributed by atoms with Crippen LogP contribution in [0.25, 0.3) is 41.8 Å². The van der Waals surface area contributed by atoms with Crippen molar-refractivity contribution in [1.82, 2.24) is 53.8 Å². The number of nitrogens with one attached hydrogen (secondary N) is 4. The second-order valence-corrected chi connectivity index (χ2v) is 45.3. The highest BCUT2D eigenvalue weighted by Gasteiger charge is 2.44. The molecule has 638 valence electrons. The van der Waals surface area contributed by atoms with E-state index in [0.29, 0.717) is 87.9 Å². The van der Waals surface area contributed by atoms with Crippen LogP contribution >= 0.6 is 115 Å². The van der Waals surface area contributed by atoms with Crippen LogP contribution in [0.1, 0.15) is 95.4 Å². The molecule has 124 heavy (non-hydrogen) atoms. The highest BCUT2D eigenvalue weighted by molar-refractivity contribution is 7.92. The lowest BCUT2D eigenvalue weighted by molar-refractivity contribution is 0.0959. The molecule has 5 aromatic carbocycles. The first-order chi connectivity index (χ1) is 59.6. The standard InChI is InChI=1S/C21H20ClN3OS.C18H15ClN2O2S2.C17H13ClN2O2S2.C16H12ClN3O2S2.C16H17ClN2O3S2/c1-25(2)21(15-3-5-16(22)6-4-15)9-12-24-20(26)19-17(21)13-18(27-19)14-7-10-23-11-8-14;1-21-11-16(12-2-4-14(19)5-3-12)15-10-17(13-6-8-20-9-7-13)24-18(15)25(21,22)23;18-13-3-1-11(2-4-13)15-10-20-24(21,22)17-14(15)9-16(23-17)12-5-7-19-8-6-12;17-12-3-1-10(2-4-12)14-9-20-24(21,22)16-13(14)7-15(23-16)11-5-6-18-19-8-11;17-12-3-1-11(2-4-12)14-10-18-24(20,21)16-13(14)9-15(23-16)19-5-7-22-8-6-19/h3-8,10-11,13H,9,12H2,1-2H3,(H,24,26);2-10,16H,11H2,1H3;1-9,15,20H,10H2;1-8,14,20H,9H2;1-4,9,14,18H,5-8,10H2. The Morgan fingerprint density at radius 3 is 1.23 bits per heavy atom. The molecule has 15 heterocycles. The molecule has 5 atom stereocenters. The molecule has 20 rings (SSSR count). The number of thiophene rings is 5. The second kappa shape index (κ2) is 37.8. The first-order valence-electron chi connectivity index (χ1n) is 38.8. The van der Waals surface area contributed by atoms with E-state index >= 15 is 0 Å². The topological polar surface area (TPSA) is 285 Å². The van der Waals surface area contributed by atoms with Crippen LogP contribution in [0.4, 0.5) is 5.00 Å². The predicted molar refractivity (Wildman–Crippen MR) is 497 cm³/mol. The molecule has 5 unspecified atom stereocenters. The number of rotatable bonds is 11. The van der Waals surface area contributed by atoms with Crippen LogP contribution in [0.3, 0.4) is 0 Å². The summed E-state index contributed by atoms with van der Waals surface area (Å²) in [6.45, 7) is 5.02. The van der Waals surface area contributed by atoms with E-state index in [-0.39, 0.29) is 29.6 Å². The van der Waals surface area contributed by atoms with E-state index in [0.717, 1.165) is 127 Å². The number of ether oxygens (including phenoxy) is 1. The SMILES string of the molecule is CN(C)C1(c2ccc(Cl)cc2)CCNC(=O)c2sc(-c3ccncc3)cc21.CN1CC(c2ccc(Cl)cc2)c2cc(-c3ccncc3)sc2S1(=O)=O.O=S1(=O)NCC(c2ccc(Cl)cc2)c2cc(-c3ccncc3)sc21.O=S1(=O)NCC(c2ccc(Cl)cc2)c2cc(-c3ccnnc3)sc21.O=S1(=O)NCC(c2ccc(Cl)cc2)c2cc(N3CCOCC3)sc21. The summed E-state index contributed by atoms with van der Waals surface area (Å²) >= 11 is 36.8. The highest BCUT2D eigenvalue weighted by Crippen LogP contribution is 2.50. The summed E-state index contributed by atoms with van der Waals surface area (Å²) in [7, 11) is -8.03. The second-order valence-electron chi connectivity index (χ2n) is 29.7. The summed E-state index contributed by atoms with van der Waals surface area (Å²) in [6, 6.07) is 61.7. The molecule has 1 amide bonds. The van der Waals surface area contributed by atoms with E-state index in [1.165, 1.54) is 61.0 Å². The van der Waals surface area contributed by atoms with Crippen LogP contribution in [-0.2, 0) is 50.4 Å². The van der Waals surface area contributed by atoms with Gasteiger partial charge in [-0.15, -0.1) is 56.7 Å². The van der Waals surface area contributed by atoms with Gasteiger partial charge in [0, 0.05) is 169 Å². The van der Waals surface area contributed by atoms with Crippen LogP contribution in [0.5, 0.6) is 0 Å². The van der Waals surface area contributed by atoms with Crippen LogP contribution in [0.2, 0.25) is 25.1 Å². The molecule has 0 radical (unpaired) electrons. The van der Waals surface area contributed by atoms with Crippen LogP contribution < -0.4 is 24.4 Å². The number of carbonyl (C=O) groups excluding carboxylic acids is 1. The number of hydrogen-bond acceptors (Lipinski definition) is 22. The maximum Gasteiger partial charge on any atom is 0.261 e. The first-order valence-corrected chi connectivity index (χ1v) is 50.7. The summed E-state index contributed by atoms with van der Waals surface area (Å²) in [6.07, 6.45) is 14.4. The lowest BCUT2D eigenvalue weighted by Crippen LogP contribution is -2.43. The van der Waals surface area contributed by atoms with Gasteiger partial charge in [0.2, 0.25) is 30.1 Å². The smallest absolute Gasteiger partial charge is 0.261 e. The number of halogens is 5. The van der Waals surface area contributed by atoms with E-state index in [4.69, 9.17) is 62.7 Å². The van der Waals surface area contributed by atoms with Gasteiger partial charge < -0.3 is 15.0 Å². The van der Waals surface area contributed by atoms with Crippen molar-refractivity contribution in [3.63, 3.8) is 0 Å². The fourth-order valence-electron chi connectivity index (χ4n) is 15.7. The van der Waals surface area contributed by atoms with Crippen molar-refractivity contribution in [2.45, 2.75) is 52.5 Å². The predicted octanol–water partition coefficient (Wildman–Crippen LogP) is 18.5. The zero-order chi connectivity index (χ0) is 86.8. The Morgan fingerprint density at radius 2 is 0.806 bits per heavy atom. The maximum absolute atomic E-state index is 12.8. The van der Waals surface area contributed by atoms with Crippen molar-refractivity contribution in [3.8, 4) is 41.8 Å². The van der Waals surface area contributed by atoms with E-state index in [2.05, 4.69) is 86.7 Å². The number of anilines is 1. The molecule has 6 aliphatic rings. The van der Waals surface area contributed by atoms with Crippen LogP contribution in [0.15, 0.2) is 261 Å². The van der Waals surface area contributed by atoms with E-state index in [1.807, 2.05) is 176 Å². The highest BCUT2D eigenvalue weighted by atomic mass is 35.5. The van der Waals surface area contributed by atoms with Gasteiger partial charge in [-0.25, -0.2) is 47.8 Å². The molecule has 0 bridgehead atoms. The first kappa shape index (κ1) is 88.8. The summed E-state index contributed by atoms with van der Waals surface area (Å²) in [5.41, 5.74) is 13.2. The summed E-state index contributed by atoms with van der Waals surface area (Å²) in [5.74, 6) is -0.0688. The molecular weight excluding hydrogens is 1850 g/mol. The zero-order valence-electron chi connectivity index (χ0n) is 66.2. The summed E-state index contributed by atoms with van der Waals surface area (Å²) in [5, 5.41) is 15.1. The van der Waals surface area contributed by atoms with Gasteiger partial charge >= 0.3 is 0 Å². The van der Waals surface area contributed by atoms with Gasteiger partial charge in [-0.05, 0) is 221 Å². The van der Waals surface area contributed by atoms with Gasteiger partial charge in [0.05, 0.1) is 41.0 Å². The normalized spacial score (nSPS) is 20.0. The number of likely N-dealkylation sites (N-methyl/N-ethyl adjacent to an activating group) is 1. The number of benzene rings is 5. The molecule has 9 aromatic heterocycles. The largest absolute Gasteiger partial charge is 0.378 e. The molecule has 6 aliphatic heterocycles. The van der Waals surface area contributed by atoms with Crippen LogP contribution in [0, 0.1) is 0 Å². The molecule has 14 aromatic rings. The number of pyridine rings is 3. The average Bonchev–Trinajstić information content (AvgIpc) is 1.59. The van der Waals surface area contributed by atoms with Crippen molar-refractivity contribution in [2.24, 2.45) is 0 Å². The fraction of sp³-hybridized carbons (Fsp3) is 0.205. The van der Waals surface area contributed by atoms with Gasteiger partial charge in [0.1, 0.15) is 16.8 Å². The van der Waals surface area contributed by atoms with Crippen molar-refractivity contribution in [1.29, 1.82) is 0 Å². The quantitative estimate of drug-likeness (QED) is 0.0936. The maximum atomic E-state index is 12.8. The Labute approximate surface area is 764 Å². The van der Waals surface area contributed by atoms with Crippen molar-refractivity contribution in [2.75, 3.05) is 85.1 Å². The minimum absolute atomic E-state index is 0.00633. The molecule has 0 spiro atoms. The summed E-state index contributed by atoms with van der Waals surface area (Å²) < 4.78 is 117. The van der Waals surface area contributed by atoms with Gasteiger partial charge in [0.25, 0.3) is 15.9 Å². The lowest BCUT2D eigenvalue weighted by Gasteiger charge is -2.40. The third-order valence-electron chi connectivity index (χ3n) is 22.1.